The van der Waals surface area contributed by atoms with Crippen molar-refractivity contribution in [2.45, 2.75) is 52.5 Å². The van der Waals surface area contributed by atoms with E-state index in [-0.39, 0.29) is 29.9 Å². The number of hydrogen-bond acceptors (Lipinski definition) is 7. The number of piperidine rings is 1. The molecule has 182 valence electrons. The maximum atomic E-state index is 13.3. The van der Waals surface area contributed by atoms with Gasteiger partial charge in [0.2, 0.25) is 15.9 Å². The number of nitrogen functional groups attached to an aromatic ring is 1. The molecule has 0 unspecified atom stereocenters. The van der Waals surface area contributed by atoms with Crippen LogP contribution >= 0.6 is 0 Å². The number of nitrogens with one attached hydrogen (secondary N) is 2. The number of sulfonamides is 1. The van der Waals surface area contributed by atoms with Crippen molar-refractivity contribution >= 4 is 27.4 Å². The molecule has 2 heterocycles. The summed E-state index contributed by atoms with van der Waals surface area (Å²) >= 11 is 0. The van der Waals surface area contributed by atoms with E-state index in [1.165, 1.54) is 9.47 Å². The Morgan fingerprint density at radius 1 is 1.28 bits per heavy atom. The van der Waals surface area contributed by atoms with Gasteiger partial charge in [-0.15, -0.1) is 0 Å². The molecule has 0 aromatic carbocycles. The number of rotatable bonds is 11. The van der Waals surface area contributed by atoms with Crippen molar-refractivity contribution in [1.82, 2.24) is 19.2 Å². The summed E-state index contributed by atoms with van der Waals surface area (Å²) in [6, 6.07) is 0. The van der Waals surface area contributed by atoms with E-state index < -0.39 is 21.3 Å². The molecule has 4 N–H and O–H groups in total. The van der Waals surface area contributed by atoms with Crippen molar-refractivity contribution < 1.29 is 13.2 Å². The largest absolute Gasteiger partial charge is 0.383 e. The number of likely N-dealkylation sites (tertiary alicyclic amines) is 1. The Balaban J connectivity index is 2.23. The number of carbonyl (C=O) groups excluding carboxylic acids is 1. The van der Waals surface area contributed by atoms with Crippen molar-refractivity contribution in [1.29, 1.82) is 0 Å². The second-order valence-electron chi connectivity index (χ2n) is 8.41. The number of anilines is 2. The lowest BCUT2D eigenvalue weighted by Crippen LogP contribution is -2.48. The standard InChI is InChI=1S/C20H36N6O5S/c1-4-6-11-25(17-18(21)26(9-5-2)20(29)23-19(17)28)16(27)14-24-10-7-8-15(13-24)12-22-32(3,30)31/h15,22H,4-14,21H2,1-3H3,(H,23,28,29)/t15-/m0/s1. The Kier molecular flexibility index (Phi) is 9.47. The molecule has 0 saturated carbocycles. The molecular formula is C20H36N6O5S. The fraction of sp³-hybridized carbons (Fsp3) is 0.750. The van der Waals surface area contributed by atoms with Crippen LogP contribution in [-0.4, -0.2) is 67.8 Å². The monoisotopic (exact) mass is 472 g/mol. The number of aromatic nitrogens is 2. The highest BCUT2D eigenvalue weighted by Gasteiger charge is 2.28. The van der Waals surface area contributed by atoms with E-state index >= 15 is 0 Å². The van der Waals surface area contributed by atoms with Gasteiger partial charge in [0.15, 0.2) is 5.69 Å². The van der Waals surface area contributed by atoms with Crippen LogP contribution < -0.4 is 26.6 Å². The molecule has 11 nitrogen and oxygen atoms in total. The zero-order chi connectivity index (χ0) is 23.9. The van der Waals surface area contributed by atoms with Crippen molar-refractivity contribution in [3.05, 3.63) is 20.8 Å². The van der Waals surface area contributed by atoms with E-state index in [4.69, 9.17) is 5.73 Å². The van der Waals surface area contributed by atoms with Crippen molar-refractivity contribution in [3.8, 4) is 0 Å². The van der Waals surface area contributed by atoms with Crippen LogP contribution in [0.1, 0.15) is 46.0 Å². The summed E-state index contributed by atoms with van der Waals surface area (Å²) in [6.07, 6.45) is 5.00. The topological polar surface area (TPSA) is 151 Å². The normalized spacial score (nSPS) is 17.4. The lowest BCUT2D eigenvalue weighted by molar-refractivity contribution is -0.120. The maximum absolute atomic E-state index is 13.3. The third-order valence-electron chi connectivity index (χ3n) is 5.56. The molecule has 1 amide bonds. The number of aromatic amines is 1. The summed E-state index contributed by atoms with van der Waals surface area (Å²) < 4.78 is 26.6. The van der Waals surface area contributed by atoms with Gasteiger partial charge in [0, 0.05) is 26.2 Å². The molecule has 1 aromatic rings. The second kappa shape index (κ2) is 11.6. The quantitative estimate of drug-likeness (QED) is 0.408. The summed E-state index contributed by atoms with van der Waals surface area (Å²) in [4.78, 5) is 43.7. The van der Waals surface area contributed by atoms with Crippen LogP contribution in [0, 0.1) is 5.92 Å². The molecule has 32 heavy (non-hydrogen) atoms. The number of unbranched alkanes of at least 4 members (excludes halogenated alkanes) is 1. The zero-order valence-corrected chi connectivity index (χ0v) is 20.0. The first kappa shape index (κ1) is 26.1. The summed E-state index contributed by atoms with van der Waals surface area (Å²) in [5, 5.41) is 0. The van der Waals surface area contributed by atoms with Gasteiger partial charge in [0.1, 0.15) is 5.82 Å². The van der Waals surface area contributed by atoms with E-state index in [9.17, 15) is 22.8 Å². The van der Waals surface area contributed by atoms with Crippen molar-refractivity contribution in [2.75, 3.05) is 49.6 Å². The van der Waals surface area contributed by atoms with Gasteiger partial charge >= 0.3 is 5.69 Å². The van der Waals surface area contributed by atoms with E-state index in [2.05, 4.69) is 9.71 Å². The van der Waals surface area contributed by atoms with Crippen LogP contribution in [0.2, 0.25) is 0 Å². The first-order valence-corrected chi connectivity index (χ1v) is 13.1. The number of nitrogens with zero attached hydrogens (tertiary/aromatic N) is 3. The lowest BCUT2D eigenvalue weighted by atomic mass is 9.98. The third-order valence-corrected chi connectivity index (χ3v) is 6.25. The lowest BCUT2D eigenvalue weighted by Gasteiger charge is -2.34. The second-order valence-corrected chi connectivity index (χ2v) is 10.2. The average Bonchev–Trinajstić information content (AvgIpc) is 2.71. The molecule has 0 spiro atoms. The highest BCUT2D eigenvalue weighted by Crippen LogP contribution is 2.20. The molecule has 1 aliphatic heterocycles. The number of hydrogen-bond donors (Lipinski definition) is 3. The molecule has 12 heteroatoms. The molecule has 1 aromatic heterocycles. The van der Waals surface area contributed by atoms with Crippen LogP contribution in [0.4, 0.5) is 11.5 Å². The maximum Gasteiger partial charge on any atom is 0.330 e. The molecule has 2 rings (SSSR count). The van der Waals surface area contributed by atoms with E-state index in [1.54, 1.807) is 0 Å². The predicted octanol–water partition coefficient (Wildman–Crippen LogP) is -0.0769. The Hall–Kier alpha value is -2.18. The molecule has 1 aliphatic rings. The highest BCUT2D eigenvalue weighted by molar-refractivity contribution is 7.88. The van der Waals surface area contributed by atoms with E-state index in [0.29, 0.717) is 45.6 Å². The molecule has 1 fully saturated rings. The van der Waals surface area contributed by atoms with Crippen LogP contribution in [0.3, 0.4) is 0 Å². The fourth-order valence-electron chi connectivity index (χ4n) is 3.97. The van der Waals surface area contributed by atoms with Gasteiger partial charge in [0.05, 0.1) is 12.8 Å². The van der Waals surface area contributed by atoms with Gasteiger partial charge in [-0.1, -0.05) is 20.3 Å². The first-order valence-electron chi connectivity index (χ1n) is 11.2. The van der Waals surface area contributed by atoms with Crippen LogP contribution in [0.25, 0.3) is 0 Å². The van der Waals surface area contributed by atoms with Crippen LogP contribution in [0.15, 0.2) is 9.59 Å². The van der Waals surface area contributed by atoms with Crippen LogP contribution in [0.5, 0.6) is 0 Å². The fourth-order valence-corrected chi connectivity index (χ4v) is 4.51. The minimum absolute atomic E-state index is 0.000994. The Morgan fingerprint density at radius 2 is 2.00 bits per heavy atom. The summed E-state index contributed by atoms with van der Waals surface area (Å²) in [6.45, 7) is 6.25. The Morgan fingerprint density at radius 3 is 2.62 bits per heavy atom. The molecule has 1 saturated heterocycles. The molecular weight excluding hydrogens is 436 g/mol. The van der Waals surface area contributed by atoms with Crippen molar-refractivity contribution in [3.63, 3.8) is 0 Å². The number of amides is 1. The minimum Gasteiger partial charge on any atom is -0.383 e. The van der Waals surface area contributed by atoms with Gasteiger partial charge in [-0.3, -0.25) is 24.0 Å². The van der Waals surface area contributed by atoms with Gasteiger partial charge in [0.25, 0.3) is 5.56 Å². The summed E-state index contributed by atoms with van der Waals surface area (Å²) in [5.41, 5.74) is 4.95. The van der Waals surface area contributed by atoms with Gasteiger partial charge in [-0.05, 0) is 38.1 Å². The number of H-pyrrole nitrogens is 1. The Labute approximate surface area is 189 Å². The van der Waals surface area contributed by atoms with Crippen LogP contribution in [-0.2, 0) is 21.4 Å². The predicted molar refractivity (Wildman–Crippen MR) is 125 cm³/mol. The molecule has 0 aliphatic carbocycles. The number of nitrogens with two attached hydrogens (primary N) is 1. The molecule has 0 radical (unpaired) electrons. The molecule has 1 atom stereocenters. The third kappa shape index (κ3) is 7.17. The Bertz CT molecular complexity index is 1000. The summed E-state index contributed by atoms with van der Waals surface area (Å²) in [5.74, 6) is -0.164. The van der Waals surface area contributed by atoms with Gasteiger partial charge in [-0.2, -0.15) is 0 Å². The highest BCUT2D eigenvalue weighted by atomic mass is 32.2. The summed E-state index contributed by atoms with van der Waals surface area (Å²) in [7, 11) is -3.27. The average molecular weight is 473 g/mol. The zero-order valence-electron chi connectivity index (χ0n) is 19.2. The minimum atomic E-state index is -3.27. The van der Waals surface area contributed by atoms with Crippen molar-refractivity contribution in [2.24, 2.45) is 5.92 Å². The van der Waals surface area contributed by atoms with Gasteiger partial charge < -0.3 is 10.6 Å². The number of carbonyl (C=O) groups is 1. The SMILES string of the molecule is CCCCN(C(=O)CN1CCC[C@@H](CNS(C)(=O)=O)C1)c1c(N)n(CCC)c(=O)[nH]c1=O. The van der Waals surface area contributed by atoms with Gasteiger partial charge in [-0.25, -0.2) is 17.9 Å². The van der Waals surface area contributed by atoms with E-state index in [0.717, 1.165) is 25.5 Å². The first-order chi connectivity index (χ1) is 15.1. The smallest absolute Gasteiger partial charge is 0.330 e. The molecule has 0 bridgehead atoms. The van der Waals surface area contributed by atoms with E-state index in [1.807, 2.05) is 18.7 Å².